The molecule has 2 aromatic rings. The van der Waals surface area contributed by atoms with Crippen molar-refractivity contribution in [2.75, 3.05) is 11.9 Å². The van der Waals surface area contributed by atoms with Gasteiger partial charge in [0.2, 0.25) is 0 Å². The van der Waals surface area contributed by atoms with E-state index in [2.05, 4.69) is 20.6 Å². The summed E-state index contributed by atoms with van der Waals surface area (Å²) in [6, 6.07) is 13.8. The van der Waals surface area contributed by atoms with Gasteiger partial charge >= 0.3 is 6.09 Å². The summed E-state index contributed by atoms with van der Waals surface area (Å²) in [6.07, 6.45) is 0.819. The largest absolute Gasteiger partial charge is 0.449 e. The molecule has 0 saturated carbocycles. The van der Waals surface area contributed by atoms with Crippen LogP contribution in [-0.4, -0.2) is 24.8 Å². The minimum Gasteiger partial charge on any atom is -0.449 e. The van der Waals surface area contributed by atoms with E-state index in [0.717, 1.165) is 0 Å². The highest BCUT2D eigenvalue weighted by atomic mass is 35.5. The number of nitrogens with zero attached hydrogens (tertiary/aromatic N) is 1. The topological polar surface area (TPSA) is 79.8 Å². The fourth-order valence-corrected chi connectivity index (χ4v) is 2.08. The van der Waals surface area contributed by atoms with E-state index in [1.165, 1.54) is 6.21 Å². The van der Waals surface area contributed by atoms with Gasteiger partial charge in [0.1, 0.15) is 0 Å². The van der Waals surface area contributed by atoms with Crippen molar-refractivity contribution in [1.29, 1.82) is 0 Å². The Hall–Kier alpha value is -2.86. The van der Waals surface area contributed by atoms with E-state index in [1.807, 2.05) is 0 Å². The maximum atomic E-state index is 12.2. The summed E-state index contributed by atoms with van der Waals surface area (Å²) < 4.78 is 4.68. The molecular formula is C17H16ClN3O3. The monoisotopic (exact) mass is 345 g/mol. The van der Waals surface area contributed by atoms with Crippen LogP contribution < -0.4 is 10.7 Å². The molecule has 0 bridgehead atoms. The summed E-state index contributed by atoms with van der Waals surface area (Å²) in [7, 11) is 0. The molecule has 6 nitrogen and oxygen atoms in total. The van der Waals surface area contributed by atoms with Crippen LogP contribution in [0.3, 0.4) is 0 Å². The average molecular weight is 346 g/mol. The summed E-state index contributed by atoms with van der Waals surface area (Å²) in [5.41, 5.74) is 3.90. The van der Waals surface area contributed by atoms with E-state index in [0.29, 0.717) is 21.8 Å². The Balaban J connectivity index is 2.02. The Kier molecular flexibility index (Phi) is 6.33. The van der Waals surface area contributed by atoms with Crippen molar-refractivity contribution in [2.45, 2.75) is 6.92 Å². The summed E-state index contributed by atoms with van der Waals surface area (Å²) >= 11 is 6.01. The van der Waals surface area contributed by atoms with E-state index in [1.54, 1.807) is 55.5 Å². The summed E-state index contributed by atoms with van der Waals surface area (Å²) in [5.74, 6) is -0.306. The maximum absolute atomic E-state index is 12.2. The first kappa shape index (κ1) is 17.5. The van der Waals surface area contributed by atoms with Crippen molar-refractivity contribution in [2.24, 2.45) is 5.10 Å². The van der Waals surface area contributed by atoms with Crippen molar-refractivity contribution in [3.05, 3.63) is 64.7 Å². The molecule has 0 atom stereocenters. The van der Waals surface area contributed by atoms with Gasteiger partial charge in [-0.15, -0.1) is 0 Å². The smallest absolute Gasteiger partial charge is 0.427 e. The first-order valence-electron chi connectivity index (χ1n) is 7.22. The highest BCUT2D eigenvalue weighted by Gasteiger charge is 2.09. The highest BCUT2D eigenvalue weighted by Crippen LogP contribution is 2.17. The lowest BCUT2D eigenvalue weighted by Crippen LogP contribution is -2.18. The van der Waals surface area contributed by atoms with Crippen LogP contribution in [-0.2, 0) is 4.74 Å². The van der Waals surface area contributed by atoms with Crippen LogP contribution in [0.25, 0.3) is 0 Å². The van der Waals surface area contributed by atoms with Crippen molar-refractivity contribution >= 4 is 35.5 Å². The molecule has 0 fully saturated rings. The Bertz CT molecular complexity index is 762. The predicted molar refractivity (Wildman–Crippen MR) is 93.6 cm³/mol. The zero-order valence-corrected chi connectivity index (χ0v) is 13.7. The summed E-state index contributed by atoms with van der Waals surface area (Å²) in [4.78, 5) is 23.3. The second kappa shape index (κ2) is 8.69. The van der Waals surface area contributed by atoms with E-state index < -0.39 is 6.09 Å². The average Bonchev–Trinajstić information content (AvgIpc) is 2.56. The number of halogens is 1. The Labute approximate surface area is 144 Å². The standard InChI is InChI=1S/C17H16ClN3O3/c1-2-24-17(23)21-19-11-12-6-5-7-13(10-12)20-16(22)14-8-3-4-9-15(14)18/h3-11H,2H2,1H3,(H,20,22)(H,21,23). The zero-order chi connectivity index (χ0) is 17.4. The van der Waals surface area contributed by atoms with Gasteiger partial charge in [-0.05, 0) is 36.8 Å². The van der Waals surface area contributed by atoms with Gasteiger partial charge in [-0.2, -0.15) is 5.10 Å². The number of amides is 2. The molecule has 0 aliphatic carbocycles. The van der Waals surface area contributed by atoms with E-state index >= 15 is 0 Å². The third-order valence-electron chi connectivity index (χ3n) is 2.91. The number of hydrogen-bond donors (Lipinski definition) is 2. The van der Waals surface area contributed by atoms with E-state index in [4.69, 9.17) is 11.6 Å². The summed E-state index contributed by atoms with van der Waals surface area (Å²) in [6.45, 7) is 1.97. The minimum atomic E-state index is -0.628. The van der Waals surface area contributed by atoms with Gasteiger partial charge < -0.3 is 10.1 Å². The Morgan fingerprint density at radius 2 is 2.00 bits per heavy atom. The van der Waals surface area contributed by atoms with Crippen molar-refractivity contribution in [3.63, 3.8) is 0 Å². The van der Waals surface area contributed by atoms with Gasteiger partial charge in [-0.3, -0.25) is 4.79 Å². The number of nitrogens with one attached hydrogen (secondary N) is 2. The molecule has 0 heterocycles. The molecule has 0 aliphatic rings. The van der Waals surface area contributed by atoms with Crippen LogP contribution in [0.1, 0.15) is 22.8 Å². The first-order chi connectivity index (χ1) is 11.6. The lowest BCUT2D eigenvalue weighted by molar-refractivity contribution is 0.102. The van der Waals surface area contributed by atoms with Crippen LogP contribution in [0.5, 0.6) is 0 Å². The van der Waals surface area contributed by atoms with Gasteiger partial charge in [0.15, 0.2) is 0 Å². The van der Waals surface area contributed by atoms with Gasteiger partial charge in [0.25, 0.3) is 5.91 Å². The number of rotatable bonds is 5. The minimum absolute atomic E-state index is 0.269. The van der Waals surface area contributed by atoms with Gasteiger partial charge in [-0.25, -0.2) is 10.2 Å². The van der Waals surface area contributed by atoms with Crippen LogP contribution in [0.4, 0.5) is 10.5 Å². The number of hydrogen-bond acceptors (Lipinski definition) is 4. The third-order valence-corrected chi connectivity index (χ3v) is 3.24. The molecule has 0 aromatic heterocycles. The predicted octanol–water partition coefficient (Wildman–Crippen LogP) is 3.67. The van der Waals surface area contributed by atoms with Gasteiger partial charge in [-0.1, -0.05) is 35.9 Å². The van der Waals surface area contributed by atoms with Crippen molar-refractivity contribution in [3.8, 4) is 0 Å². The molecule has 24 heavy (non-hydrogen) atoms. The molecule has 7 heteroatoms. The SMILES string of the molecule is CCOC(=O)NN=Cc1cccc(NC(=O)c2ccccc2Cl)c1. The number of carbonyl (C=O) groups excluding carboxylic acids is 2. The Morgan fingerprint density at radius 1 is 1.21 bits per heavy atom. The quantitative estimate of drug-likeness (QED) is 0.641. The lowest BCUT2D eigenvalue weighted by atomic mass is 10.2. The number of ether oxygens (including phenoxy) is 1. The highest BCUT2D eigenvalue weighted by molar-refractivity contribution is 6.34. The molecule has 0 saturated heterocycles. The molecule has 2 amide bonds. The molecular weight excluding hydrogens is 330 g/mol. The second-order valence-electron chi connectivity index (χ2n) is 4.65. The fourth-order valence-electron chi connectivity index (χ4n) is 1.86. The molecule has 0 unspecified atom stereocenters. The van der Waals surface area contributed by atoms with Crippen LogP contribution in [0.15, 0.2) is 53.6 Å². The molecule has 124 valence electrons. The molecule has 0 spiro atoms. The molecule has 2 rings (SSSR count). The van der Waals surface area contributed by atoms with Crippen LogP contribution in [0, 0.1) is 0 Å². The van der Waals surface area contributed by atoms with E-state index in [9.17, 15) is 9.59 Å². The fraction of sp³-hybridized carbons (Fsp3) is 0.118. The third kappa shape index (κ3) is 5.10. The second-order valence-corrected chi connectivity index (χ2v) is 5.06. The van der Waals surface area contributed by atoms with Crippen molar-refractivity contribution < 1.29 is 14.3 Å². The molecule has 0 aliphatic heterocycles. The molecule has 2 aromatic carbocycles. The lowest BCUT2D eigenvalue weighted by Gasteiger charge is -2.07. The van der Waals surface area contributed by atoms with Gasteiger partial charge in [0, 0.05) is 5.69 Å². The maximum Gasteiger partial charge on any atom is 0.427 e. The van der Waals surface area contributed by atoms with Gasteiger partial charge in [0.05, 0.1) is 23.4 Å². The molecule has 2 N–H and O–H groups in total. The first-order valence-corrected chi connectivity index (χ1v) is 7.59. The van der Waals surface area contributed by atoms with Crippen LogP contribution >= 0.6 is 11.6 Å². The number of hydrazone groups is 1. The zero-order valence-electron chi connectivity index (χ0n) is 13.0. The van der Waals surface area contributed by atoms with Crippen molar-refractivity contribution in [1.82, 2.24) is 5.43 Å². The van der Waals surface area contributed by atoms with Crippen LogP contribution in [0.2, 0.25) is 5.02 Å². The van der Waals surface area contributed by atoms with E-state index in [-0.39, 0.29) is 12.5 Å². The number of carbonyl (C=O) groups is 2. The molecule has 0 radical (unpaired) electrons. The number of benzene rings is 2. The Morgan fingerprint density at radius 3 is 2.75 bits per heavy atom. The number of anilines is 1. The summed E-state index contributed by atoms with van der Waals surface area (Å²) in [5, 5.41) is 6.91. The normalized spacial score (nSPS) is 10.4.